The third-order valence-electron chi connectivity index (χ3n) is 4.80. The lowest BCUT2D eigenvalue weighted by Crippen LogP contribution is -2.54. The van der Waals surface area contributed by atoms with E-state index in [4.69, 9.17) is 4.74 Å². The number of hydrogen-bond acceptors (Lipinski definition) is 5. The number of aliphatic imine (C=N–C) groups is 1. The highest BCUT2D eigenvalue weighted by molar-refractivity contribution is 9.10. The van der Waals surface area contributed by atoms with Gasteiger partial charge in [0.15, 0.2) is 16.2 Å². The molecule has 0 atom stereocenters. The van der Waals surface area contributed by atoms with Gasteiger partial charge in [0.1, 0.15) is 5.75 Å². The molecule has 8 heteroatoms. The first-order chi connectivity index (χ1) is 13.6. The number of carbonyl (C=O) groups is 1. The van der Waals surface area contributed by atoms with Gasteiger partial charge in [0.2, 0.25) is 5.96 Å². The highest BCUT2D eigenvalue weighted by atomic mass is 79.9. The minimum Gasteiger partial charge on any atom is -0.497 e. The molecule has 4 rings (SSSR count). The Kier molecular flexibility index (Phi) is 5.09. The molecule has 0 unspecified atom stereocenters. The molecule has 0 aliphatic carbocycles. The van der Waals surface area contributed by atoms with Crippen LogP contribution in [0.15, 0.2) is 34.0 Å². The summed E-state index contributed by atoms with van der Waals surface area (Å²) in [7, 11) is 1.64. The lowest BCUT2D eigenvalue weighted by molar-refractivity contribution is 0.0820. The second-order valence-electron chi connectivity index (χ2n) is 6.49. The molecule has 0 fully saturated rings. The Hall–Kier alpha value is -2.79. The van der Waals surface area contributed by atoms with Crippen molar-refractivity contribution in [1.29, 1.82) is 0 Å². The van der Waals surface area contributed by atoms with Gasteiger partial charge in [-0.25, -0.2) is 4.98 Å². The Morgan fingerprint density at radius 2 is 2.07 bits per heavy atom. The summed E-state index contributed by atoms with van der Waals surface area (Å²) in [6, 6.07) is 7.72. The van der Waals surface area contributed by atoms with Gasteiger partial charge in [-0.3, -0.25) is 19.6 Å². The molecule has 144 valence electrons. The molecular formula is C20H20BrN5O2. The van der Waals surface area contributed by atoms with Crippen LogP contribution in [-0.4, -0.2) is 46.5 Å². The third-order valence-corrected chi connectivity index (χ3v) is 5.40. The van der Waals surface area contributed by atoms with Gasteiger partial charge < -0.3 is 9.30 Å². The van der Waals surface area contributed by atoms with Crippen molar-refractivity contribution in [2.75, 3.05) is 25.1 Å². The summed E-state index contributed by atoms with van der Waals surface area (Å²) < 4.78 is 7.65. The number of nitrogens with zero attached hydrogens (tertiary/aromatic N) is 5. The summed E-state index contributed by atoms with van der Waals surface area (Å²) in [5.74, 6) is 7.89. The number of imidazole rings is 1. The summed E-state index contributed by atoms with van der Waals surface area (Å²) in [4.78, 5) is 26.5. The number of hydrogen-bond donors (Lipinski definition) is 0. The van der Waals surface area contributed by atoms with Gasteiger partial charge in [-0.2, -0.15) is 0 Å². The molecule has 1 aromatic heterocycles. The van der Waals surface area contributed by atoms with E-state index in [0.29, 0.717) is 41.8 Å². The summed E-state index contributed by atoms with van der Waals surface area (Å²) in [5, 5.41) is 0. The average molecular weight is 442 g/mol. The van der Waals surface area contributed by atoms with Crippen molar-refractivity contribution in [2.24, 2.45) is 4.99 Å². The number of rotatable bonds is 4. The van der Waals surface area contributed by atoms with Crippen LogP contribution in [0.4, 0.5) is 5.82 Å². The fraction of sp³-hybridized carbons (Fsp3) is 0.350. The molecular weight excluding hydrogens is 422 g/mol. The lowest BCUT2D eigenvalue weighted by atomic mass is 10.1. The van der Waals surface area contributed by atoms with Crippen LogP contribution in [0.25, 0.3) is 0 Å². The number of fused-ring (bicyclic) bond motifs is 3. The van der Waals surface area contributed by atoms with Crippen LogP contribution >= 0.6 is 15.9 Å². The van der Waals surface area contributed by atoms with E-state index in [-0.39, 0.29) is 5.91 Å². The third kappa shape index (κ3) is 3.16. The van der Waals surface area contributed by atoms with Crippen LogP contribution in [0.1, 0.15) is 29.4 Å². The van der Waals surface area contributed by atoms with E-state index >= 15 is 0 Å². The van der Waals surface area contributed by atoms with Gasteiger partial charge >= 0.3 is 0 Å². The Morgan fingerprint density at radius 1 is 1.29 bits per heavy atom. The molecule has 0 radical (unpaired) electrons. The number of benzene rings is 1. The molecule has 7 nitrogen and oxygen atoms in total. The molecule has 2 aliphatic rings. The van der Waals surface area contributed by atoms with Crippen molar-refractivity contribution in [3.8, 4) is 17.6 Å². The molecule has 3 heterocycles. The minimum absolute atomic E-state index is 0.112. The molecule has 0 spiro atoms. The minimum atomic E-state index is -0.112. The predicted molar refractivity (Wildman–Crippen MR) is 111 cm³/mol. The van der Waals surface area contributed by atoms with Gasteiger partial charge in [-0.15, -0.1) is 5.92 Å². The Labute approximate surface area is 172 Å². The lowest BCUT2D eigenvalue weighted by Gasteiger charge is -2.38. The summed E-state index contributed by atoms with van der Waals surface area (Å²) in [6.07, 6.45) is 0.923. The molecule has 2 aromatic rings. The number of carbonyl (C=O) groups excluding carboxylic acids is 1. The summed E-state index contributed by atoms with van der Waals surface area (Å²) >= 11 is 3.49. The number of methoxy groups -OCH3 is 1. The fourth-order valence-corrected chi connectivity index (χ4v) is 3.89. The molecule has 0 saturated heterocycles. The fourth-order valence-electron chi connectivity index (χ4n) is 3.41. The zero-order valence-corrected chi connectivity index (χ0v) is 17.4. The van der Waals surface area contributed by atoms with Crippen molar-refractivity contribution in [1.82, 2.24) is 14.5 Å². The molecule has 1 aromatic carbocycles. The zero-order chi connectivity index (χ0) is 19.7. The number of guanidine groups is 1. The first-order valence-corrected chi connectivity index (χ1v) is 9.85. The van der Waals surface area contributed by atoms with Crippen molar-refractivity contribution >= 4 is 33.6 Å². The topological polar surface area (TPSA) is 63.0 Å². The van der Waals surface area contributed by atoms with Crippen LogP contribution < -0.4 is 9.64 Å². The summed E-state index contributed by atoms with van der Waals surface area (Å²) in [5.41, 5.74) is 1.55. The SMILES string of the molecule is CC#CCn1c(Br)nc2c1C(=O)N(Cc1ccc(OC)cc1)C1=NCCCN12. The highest BCUT2D eigenvalue weighted by Crippen LogP contribution is 2.33. The van der Waals surface area contributed by atoms with Crippen molar-refractivity contribution in [2.45, 2.75) is 26.4 Å². The smallest absolute Gasteiger partial charge is 0.281 e. The molecule has 0 saturated carbocycles. The number of ether oxygens (including phenoxy) is 1. The maximum Gasteiger partial charge on any atom is 0.281 e. The van der Waals surface area contributed by atoms with E-state index in [1.165, 1.54) is 0 Å². The first kappa shape index (κ1) is 18.6. The number of amides is 1. The van der Waals surface area contributed by atoms with Crippen LogP contribution in [0.5, 0.6) is 5.75 Å². The Morgan fingerprint density at radius 3 is 2.79 bits per heavy atom. The van der Waals surface area contributed by atoms with E-state index in [9.17, 15) is 4.79 Å². The van der Waals surface area contributed by atoms with Crippen molar-refractivity contribution < 1.29 is 9.53 Å². The Balaban J connectivity index is 1.76. The number of anilines is 1. The highest BCUT2D eigenvalue weighted by Gasteiger charge is 2.40. The normalized spacial score (nSPS) is 15.4. The molecule has 0 N–H and O–H groups in total. The summed E-state index contributed by atoms with van der Waals surface area (Å²) in [6.45, 7) is 4.10. The zero-order valence-electron chi connectivity index (χ0n) is 15.8. The van der Waals surface area contributed by atoms with E-state index in [0.717, 1.165) is 24.3 Å². The van der Waals surface area contributed by atoms with E-state index in [2.05, 4.69) is 37.7 Å². The first-order valence-electron chi connectivity index (χ1n) is 9.06. The van der Waals surface area contributed by atoms with E-state index in [1.807, 2.05) is 33.7 Å². The second-order valence-corrected chi connectivity index (χ2v) is 7.20. The largest absolute Gasteiger partial charge is 0.497 e. The van der Waals surface area contributed by atoms with Crippen LogP contribution in [-0.2, 0) is 13.1 Å². The van der Waals surface area contributed by atoms with Crippen molar-refractivity contribution in [3.63, 3.8) is 0 Å². The van der Waals surface area contributed by atoms with E-state index < -0.39 is 0 Å². The standard InChI is InChI=1S/C20H20BrN5O2/c1-3-4-11-24-16-17(23-19(24)21)25-12-5-10-22-20(25)26(18(16)27)13-14-6-8-15(28-2)9-7-14/h6-9H,5,10-13H2,1-2H3. The molecule has 1 amide bonds. The van der Waals surface area contributed by atoms with Gasteiger partial charge in [0.05, 0.1) is 20.2 Å². The molecule has 0 bridgehead atoms. The maximum absolute atomic E-state index is 13.5. The maximum atomic E-state index is 13.5. The van der Waals surface area contributed by atoms with Gasteiger partial charge in [0, 0.05) is 13.1 Å². The van der Waals surface area contributed by atoms with Gasteiger partial charge in [-0.1, -0.05) is 18.1 Å². The molecule has 2 aliphatic heterocycles. The van der Waals surface area contributed by atoms with E-state index in [1.54, 1.807) is 18.9 Å². The quantitative estimate of drug-likeness (QED) is 0.684. The number of aromatic nitrogens is 2. The number of halogens is 1. The predicted octanol–water partition coefficient (Wildman–Crippen LogP) is 2.90. The second kappa shape index (κ2) is 7.68. The van der Waals surface area contributed by atoms with Gasteiger partial charge in [-0.05, 0) is 47.0 Å². The Bertz CT molecular complexity index is 1000. The van der Waals surface area contributed by atoms with Gasteiger partial charge in [0.25, 0.3) is 5.91 Å². The van der Waals surface area contributed by atoms with Crippen molar-refractivity contribution in [3.05, 3.63) is 40.3 Å². The van der Waals surface area contributed by atoms with Crippen LogP contribution in [0.3, 0.4) is 0 Å². The molecule has 28 heavy (non-hydrogen) atoms. The van der Waals surface area contributed by atoms with Crippen LogP contribution in [0, 0.1) is 11.8 Å². The monoisotopic (exact) mass is 441 g/mol. The van der Waals surface area contributed by atoms with Crippen LogP contribution in [0.2, 0.25) is 0 Å². The average Bonchev–Trinajstić information content (AvgIpc) is 3.06.